The summed E-state index contributed by atoms with van der Waals surface area (Å²) in [6, 6.07) is 13.2. The van der Waals surface area contributed by atoms with Crippen molar-refractivity contribution in [2.45, 2.75) is 17.2 Å². The van der Waals surface area contributed by atoms with Crippen molar-refractivity contribution in [3.63, 3.8) is 0 Å². The van der Waals surface area contributed by atoms with E-state index >= 15 is 0 Å². The summed E-state index contributed by atoms with van der Waals surface area (Å²) in [5, 5.41) is 3.41. The van der Waals surface area contributed by atoms with Crippen LogP contribution in [0.1, 0.15) is 12.8 Å². The number of halogens is 1. The lowest BCUT2D eigenvalue weighted by molar-refractivity contribution is -0.116. The molecule has 2 aromatic carbocycles. The number of carbonyl (C=O) groups is 1. The van der Waals surface area contributed by atoms with Gasteiger partial charge in [0.1, 0.15) is 5.75 Å². The number of amides is 1. The number of methoxy groups -OCH3 is 1. The van der Waals surface area contributed by atoms with Crippen LogP contribution in [0, 0.1) is 0 Å². The normalized spacial score (nSPS) is 10.8. The molecule has 0 fully saturated rings. The molecule has 7 heteroatoms. The molecule has 0 saturated heterocycles. The molecule has 25 heavy (non-hydrogen) atoms. The van der Waals surface area contributed by atoms with Gasteiger partial charge in [0, 0.05) is 17.2 Å². The topological polar surface area (TPSA) is 51.2 Å². The number of hydrogen-bond acceptors (Lipinski definition) is 5. The number of anilines is 1. The Labute approximate surface area is 159 Å². The van der Waals surface area contributed by atoms with E-state index in [1.54, 1.807) is 48.4 Å². The van der Waals surface area contributed by atoms with Gasteiger partial charge in [-0.3, -0.25) is 4.79 Å². The summed E-state index contributed by atoms with van der Waals surface area (Å²) in [6.45, 7) is 0. The van der Waals surface area contributed by atoms with Crippen molar-refractivity contribution in [3.8, 4) is 5.75 Å². The maximum Gasteiger partial charge on any atom is 0.224 e. The van der Waals surface area contributed by atoms with Gasteiger partial charge in [0.05, 0.1) is 23.0 Å². The van der Waals surface area contributed by atoms with Crippen LogP contribution in [0.4, 0.5) is 5.69 Å². The number of thiazole rings is 1. The average Bonchev–Trinajstić information content (AvgIpc) is 3.02. The molecule has 1 N–H and O–H groups in total. The Balaban J connectivity index is 1.47. The summed E-state index contributed by atoms with van der Waals surface area (Å²) in [4.78, 5) is 16.7. The van der Waals surface area contributed by atoms with Gasteiger partial charge in [-0.25, -0.2) is 4.98 Å². The van der Waals surface area contributed by atoms with Gasteiger partial charge in [-0.2, -0.15) is 0 Å². The fraction of sp³-hybridized carbons (Fsp3) is 0.222. The first-order chi connectivity index (χ1) is 12.2. The lowest BCUT2D eigenvalue weighted by Crippen LogP contribution is -2.12. The molecule has 0 radical (unpaired) electrons. The molecule has 1 heterocycles. The van der Waals surface area contributed by atoms with Crippen LogP contribution in [0.15, 0.2) is 46.8 Å². The van der Waals surface area contributed by atoms with Crippen LogP contribution in [0.2, 0.25) is 5.02 Å². The Morgan fingerprint density at radius 3 is 2.96 bits per heavy atom. The second-order valence-corrected chi connectivity index (χ2v) is 8.10. The molecular weight excluding hydrogens is 376 g/mol. The summed E-state index contributed by atoms with van der Waals surface area (Å²) in [5.74, 6) is 1.40. The van der Waals surface area contributed by atoms with E-state index in [1.165, 1.54) is 4.70 Å². The number of rotatable bonds is 7. The summed E-state index contributed by atoms with van der Waals surface area (Å²) >= 11 is 9.34. The maximum absolute atomic E-state index is 12.1. The Morgan fingerprint density at radius 2 is 2.16 bits per heavy atom. The molecule has 0 bridgehead atoms. The van der Waals surface area contributed by atoms with E-state index in [9.17, 15) is 4.79 Å². The number of nitrogens with zero attached hydrogens (tertiary/aromatic N) is 1. The first kappa shape index (κ1) is 18.0. The van der Waals surface area contributed by atoms with E-state index in [0.717, 1.165) is 22.0 Å². The van der Waals surface area contributed by atoms with Gasteiger partial charge in [-0.1, -0.05) is 35.5 Å². The molecule has 0 aliphatic heterocycles. The Kier molecular flexibility index (Phi) is 6.18. The zero-order valence-corrected chi connectivity index (χ0v) is 16.0. The average molecular weight is 393 g/mol. The van der Waals surface area contributed by atoms with Crippen molar-refractivity contribution in [1.29, 1.82) is 0 Å². The molecule has 0 unspecified atom stereocenters. The van der Waals surface area contributed by atoms with Crippen LogP contribution in [-0.2, 0) is 4.79 Å². The SMILES string of the molecule is COc1ccc(Cl)cc1NC(=O)CCCSc1nc2ccccc2s1. The minimum Gasteiger partial charge on any atom is -0.495 e. The minimum absolute atomic E-state index is 0.0505. The molecule has 130 valence electrons. The van der Waals surface area contributed by atoms with Crippen molar-refractivity contribution >= 4 is 56.5 Å². The van der Waals surface area contributed by atoms with Crippen LogP contribution >= 0.6 is 34.7 Å². The lowest BCUT2D eigenvalue weighted by Gasteiger charge is -2.10. The summed E-state index contributed by atoms with van der Waals surface area (Å²) in [5.41, 5.74) is 1.62. The van der Waals surface area contributed by atoms with Gasteiger partial charge < -0.3 is 10.1 Å². The van der Waals surface area contributed by atoms with Gasteiger partial charge in [-0.15, -0.1) is 11.3 Å². The first-order valence-corrected chi connectivity index (χ1v) is 9.95. The highest BCUT2D eigenvalue weighted by molar-refractivity contribution is 8.01. The number of aromatic nitrogens is 1. The number of carbonyl (C=O) groups excluding carboxylic acids is 1. The minimum atomic E-state index is -0.0505. The Bertz CT molecular complexity index is 849. The molecule has 0 aliphatic carbocycles. The molecule has 0 spiro atoms. The number of thioether (sulfide) groups is 1. The zero-order valence-electron chi connectivity index (χ0n) is 13.6. The van der Waals surface area contributed by atoms with Crippen LogP contribution in [0.25, 0.3) is 10.2 Å². The third-order valence-electron chi connectivity index (χ3n) is 3.48. The number of benzene rings is 2. The van der Waals surface area contributed by atoms with Gasteiger partial charge in [0.25, 0.3) is 0 Å². The quantitative estimate of drug-likeness (QED) is 0.428. The molecule has 1 amide bonds. The van der Waals surface area contributed by atoms with Crippen molar-refractivity contribution in [2.24, 2.45) is 0 Å². The smallest absolute Gasteiger partial charge is 0.224 e. The highest BCUT2D eigenvalue weighted by Gasteiger charge is 2.09. The largest absolute Gasteiger partial charge is 0.495 e. The molecule has 0 aliphatic rings. The number of fused-ring (bicyclic) bond motifs is 1. The standard InChI is InChI=1S/C18H17ClN2O2S2/c1-23-15-9-8-12(19)11-14(15)20-17(22)7-4-10-24-18-21-13-5-2-3-6-16(13)25-18/h2-3,5-6,8-9,11H,4,7,10H2,1H3,(H,20,22). The number of nitrogens with one attached hydrogen (secondary N) is 1. The van der Waals surface area contributed by atoms with Gasteiger partial charge in [0.2, 0.25) is 5.91 Å². The third-order valence-corrected chi connectivity index (χ3v) is 5.98. The summed E-state index contributed by atoms with van der Waals surface area (Å²) in [7, 11) is 1.56. The van der Waals surface area contributed by atoms with Crippen molar-refractivity contribution in [3.05, 3.63) is 47.5 Å². The molecule has 0 saturated carbocycles. The highest BCUT2D eigenvalue weighted by Crippen LogP contribution is 2.30. The van der Waals surface area contributed by atoms with E-state index in [0.29, 0.717) is 22.9 Å². The van der Waals surface area contributed by atoms with Gasteiger partial charge in [0.15, 0.2) is 4.34 Å². The van der Waals surface area contributed by atoms with Crippen molar-refractivity contribution in [1.82, 2.24) is 4.98 Å². The van der Waals surface area contributed by atoms with Crippen molar-refractivity contribution in [2.75, 3.05) is 18.2 Å². The molecule has 4 nitrogen and oxygen atoms in total. The molecular formula is C18H17ClN2O2S2. The fourth-order valence-electron chi connectivity index (χ4n) is 2.30. The predicted molar refractivity (Wildman–Crippen MR) is 106 cm³/mol. The summed E-state index contributed by atoms with van der Waals surface area (Å²) < 4.78 is 7.46. The molecule has 3 rings (SSSR count). The fourth-order valence-corrected chi connectivity index (χ4v) is 4.55. The lowest BCUT2D eigenvalue weighted by atomic mass is 10.2. The maximum atomic E-state index is 12.1. The molecule has 3 aromatic rings. The van der Waals surface area contributed by atoms with Crippen molar-refractivity contribution < 1.29 is 9.53 Å². The number of hydrogen-bond donors (Lipinski definition) is 1. The number of para-hydroxylation sites is 1. The van der Waals surface area contributed by atoms with Gasteiger partial charge in [-0.05, 0) is 36.8 Å². The highest BCUT2D eigenvalue weighted by atomic mass is 35.5. The Hall–Kier alpha value is -1.76. The Morgan fingerprint density at radius 1 is 1.32 bits per heavy atom. The third kappa shape index (κ3) is 4.87. The van der Waals surface area contributed by atoms with Gasteiger partial charge >= 0.3 is 0 Å². The van der Waals surface area contributed by atoms with Crippen LogP contribution in [-0.4, -0.2) is 23.8 Å². The van der Waals surface area contributed by atoms with Crippen LogP contribution in [0.3, 0.4) is 0 Å². The zero-order chi connectivity index (χ0) is 17.6. The van der Waals surface area contributed by atoms with Crippen LogP contribution < -0.4 is 10.1 Å². The van der Waals surface area contributed by atoms with Crippen LogP contribution in [0.5, 0.6) is 5.75 Å². The first-order valence-electron chi connectivity index (χ1n) is 7.77. The second-order valence-electron chi connectivity index (χ2n) is 5.29. The molecule has 0 atom stereocenters. The summed E-state index contributed by atoms with van der Waals surface area (Å²) in [6.07, 6.45) is 1.21. The molecule has 1 aromatic heterocycles. The van der Waals surface area contributed by atoms with E-state index < -0.39 is 0 Å². The monoisotopic (exact) mass is 392 g/mol. The van der Waals surface area contributed by atoms with E-state index in [1.807, 2.05) is 18.2 Å². The second kappa shape index (κ2) is 8.56. The van der Waals surface area contributed by atoms with E-state index in [2.05, 4.69) is 16.4 Å². The van der Waals surface area contributed by atoms with E-state index in [4.69, 9.17) is 16.3 Å². The van der Waals surface area contributed by atoms with E-state index in [-0.39, 0.29) is 5.91 Å². The predicted octanol–water partition coefficient (Wildman–Crippen LogP) is 5.47. The number of ether oxygens (including phenoxy) is 1.